The fraction of sp³-hybridized carbons (Fsp3) is 0.688. The molecule has 1 aliphatic rings. The van der Waals surface area contributed by atoms with Gasteiger partial charge in [-0.2, -0.15) is 0 Å². The molecule has 2 rings (SSSR count). The number of hydrogen-bond donors (Lipinski definition) is 1. The Morgan fingerprint density at radius 1 is 1.37 bits per heavy atom. The lowest BCUT2D eigenvalue weighted by atomic mass is 9.88. The predicted molar refractivity (Wildman–Crippen MR) is 81.8 cm³/mol. The van der Waals surface area contributed by atoms with Gasteiger partial charge in [-0.3, -0.25) is 0 Å². The number of nitrogens with zero attached hydrogens (tertiary/aromatic N) is 2. The molecule has 1 aliphatic heterocycles. The summed E-state index contributed by atoms with van der Waals surface area (Å²) < 4.78 is 0. The van der Waals surface area contributed by atoms with Crippen molar-refractivity contribution in [2.45, 2.75) is 52.0 Å². The molecule has 0 aromatic carbocycles. The monoisotopic (exact) mass is 261 g/mol. The smallest absolute Gasteiger partial charge is 0.128 e. The Hall–Kier alpha value is -1.09. The van der Waals surface area contributed by atoms with Crippen LogP contribution < -0.4 is 10.2 Å². The molecular formula is C16H27N3. The first-order valence-corrected chi connectivity index (χ1v) is 7.46. The molecular weight excluding hydrogens is 234 g/mol. The van der Waals surface area contributed by atoms with E-state index in [0.717, 1.165) is 25.5 Å². The van der Waals surface area contributed by atoms with Gasteiger partial charge in [0.25, 0.3) is 0 Å². The molecule has 0 amide bonds. The predicted octanol–water partition coefficient (Wildman–Crippen LogP) is 2.96. The Morgan fingerprint density at radius 2 is 2.16 bits per heavy atom. The van der Waals surface area contributed by atoms with Crippen LogP contribution in [0, 0.1) is 0 Å². The molecule has 19 heavy (non-hydrogen) atoms. The molecule has 0 bridgehead atoms. The third-order valence-corrected chi connectivity index (χ3v) is 3.85. The Balaban J connectivity index is 2.17. The van der Waals surface area contributed by atoms with E-state index in [-0.39, 0.29) is 5.41 Å². The largest absolute Gasteiger partial charge is 0.352 e. The molecule has 1 unspecified atom stereocenters. The molecule has 1 N–H and O–H groups in total. The van der Waals surface area contributed by atoms with Gasteiger partial charge >= 0.3 is 0 Å². The van der Waals surface area contributed by atoms with Crippen LogP contribution in [0.2, 0.25) is 0 Å². The van der Waals surface area contributed by atoms with Crippen LogP contribution in [0.25, 0.3) is 0 Å². The summed E-state index contributed by atoms with van der Waals surface area (Å²) in [6.45, 7) is 12.2. The van der Waals surface area contributed by atoms with Crippen molar-refractivity contribution in [3.63, 3.8) is 0 Å². The molecule has 1 saturated heterocycles. The number of hydrogen-bond acceptors (Lipinski definition) is 3. The van der Waals surface area contributed by atoms with Crippen molar-refractivity contribution >= 4 is 5.82 Å². The lowest BCUT2D eigenvalue weighted by Crippen LogP contribution is -2.38. The Kier molecular flexibility index (Phi) is 4.46. The average molecular weight is 261 g/mol. The van der Waals surface area contributed by atoms with Crippen LogP contribution >= 0.6 is 0 Å². The highest BCUT2D eigenvalue weighted by Gasteiger charge is 2.23. The zero-order chi connectivity index (χ0) is 13.9. The molecule has 0 saturated carbocycles. The fourth-order valence-corrected chi connectivity index (χ4v) is 2.63. The number of nitrogens with one attached hydrogen (secondary N) is 1. The second-order valence-electron chi connectivity index (χ2n) is 6.50. The van der Waals surface area contributed by atoms with Crippen LogP contribution in [0.1, 0.15) is 46.1 Å². The number of rotatable bonds is 4. The first-order valence-electron chi connectivity index (χ1n) is 7.46. The Bertz CT molecular complexity index is 385. The molecule has 106 valence electrons. The van der Waals surface area contributed by atoms with Crippen molar-refractivity contribution in [2.24, 2.45) is 0 Å². The minimum atomic E-state index is 0.177. The van der Waals surface area contributed by atoms with Gasteiger partial charge < -0.3 is 10.2 Å². The van der Waals surface area contributed by atoms with Crippen molar-refractivity contribution in [1.82, 2.24) is 10.3 Å². The third kappa shape index (κ3) is 3.47. The summed E-state index contributed by atoms with van der Waals surface area (Å²) in [5.41, 5.74) is 1.48. The summed E-state index contributed by atoms with van der Waals surface area (Å²) in [6, 6.07) is 5.02. The van der Waals surface area contributed by atoms with E-state index in [2.05, 4.69) is 50.0 Å². The minimum absolute atomic E-state index is 0.177. The van der Waals surface area contributed by atoms with E-state index in [4.69, 9.17) is 4.98 Å². The second-order valence-corrected chi connectivity index (χ2v) is 6.50. The van der Waals surface area contributed by atoms with Gasteiger partial charge in [0.15, 0.2) is 0 Å². The zero-order valence-corrected chi connectivity index (χ0v) is 12.7. The lowest BCUT2D eigenvalue weighted by Gasteiger charge is -2.30. The number of aromatic nitrogens is 1. The first kappa shape index (κ1) is 14.3. The Labute approximate surface area is 117 Å². The molecule has 0 radical (unpaired) electrons. The Morgan fingerprint density at radius 3 is 2.63 bits per heavy atom. The van der Waals surface area contributed by atoms with Gasteiger partial charge in [0, 0.05) is 25.3 Å². The van der Waals surface area contributed by atoms with Crippen LogP contribution in [-0.4, -0.2) is 30.7 Å². The zero-order valence-electron chi connectivity index (χ0n) is 12.7. The summed E-state index contributed by atoms with van der Waals surface area (Å²) in [6.07, 6.45) is 4.43. The maximum atomic E-state index is 4.71. The molecule has 3 heteroatoms. The molecule has 1 aromatic heterocycles. The lowest BCUT2D eigenvalue weighted by molar-refractivity contribution is 0.584. The van der Waals surface area contributed by atoms with E-state index in [9.17, 15) is 0 Å². The quantitative estimate of drug-likeness (QED) is 0.903. The third-order valence-electron chi connectivity index (χ3n) is 3.85. The number of anilines is 1. The fourth-order valence-electron chi connectivity index (χ4n) is 2.63. The maximum Gasteiger partial charge on any atom is 0.128 e. The topological polar surface area (TPSA) is 28.2 Å². The molecule has 1 atom stereocenters. The van der Waals surface area contributed by atoms with E-state index in [1.807, 2.05) is 6.20 Å². The van der Waals surface area contributed by atoms with Gasteiger partial charge in [-0.1, -0.05) is 33.8 Å². The summed E-state index contributed by atoms with van der Waals surface area (Å²) in [5, 5.41) is 3.45. The summed E-state index contributed by atoms with van der Waals surface area (Å²) in [5.74, 6) is 1.13. The van der Waals surface area contributed by atoms with Crippen LogP contribution in [0.15, 0.2) is 18.3 Å². The van der Waals surface area contributed by atoms with Crippen LogP contribution in [0.4, 0.5) is 5.82 Å². The van der Waals surface area contributed by atoms with Crippen LogP contribution in [0.5, 0.6) is 0 Å². The van der Waals surface area contributed by atoms with Crippen molar-refractivity contribution < 1.29 is 0 Å². The van der Waals surface area contributed by atoms with Gasteiger partial charge in [0.2, 0.25) is 0 Å². The second kappa shape index (κ2) is 5.91. The van der Waals surface area contributed by atoms with Gasteiger partial charge in [-0.15, -0.1) is 0 Å². The van der Waals surface area contributed by atoms with Gasteiger partial charge in [-0.05, 0) is 36.4 Å². The first-order chi connectivity index (χ1) is 9.02. The molecule has 2 heterocycles. The molecule has 0 aliphatic carbocycles. The van der Waals surface area contributed by atoms with E-state index >= 15 is 0 Å². The highest BCUT2D eigenvalue weighted by molar-refractivity contribution is 5.42. The van der Waals surface area contributed by atoms with Gasteiger partial charge in [0.05, 0.1) is 0 Å². The van der Waals surface area contributed by atoms with Crippen molar-refractivity contribution in [3.05, 3.63) is 23.9 Å². The van der Waals surface area contributed by atoms with Crippen molar-refractivity contribution in [3.8, 4) is 0 Å². The minimum Gasteiger partial charge on any atom is -0.352 e. The average Bonchev–Trinajstić information content (AvgIpc) is 2.89. The summed E-state index contributed by atoms with van der Waals surface area (Å²) in [7, 11) is 0. The van der Waals surface area contributed by atoms with E-state index in [0.29, 0.717) is 6.04 Å². The normalized spacial score (nSPS) is 19.7. The van der Waals surface area contributed by atoms with Crippen LogP contribution in [-0.2, 0) is 5.41 Å². The molecule has 1 fully saturated rings. The molecule has 0 spiro atoms. The SMILES string of the molecule is CCCN(c1ccc(C(C)(C)C)cn1)C1CCNC1. The van der Waals surface area contributed by atoms with E-state index in [1.54, 1.807) is 0 Å². The standard InChI is InChI=1S/C16H27N3/c1-5-10-19(14-8-9-17-12-14)15-7-6-13(11-18-15)16(2,3)4/h6-7,11,14,17H,5,8-10,12H2,1-4H3. The summed E-state index contributed by atoms with van der Waals surface area (Å²) in [4.78, 5) is 7.17. The van der Waals surface area contributed by atoms with E-state index in [1.165, 1.54) is 18.4 Å². The van der Waals surface area contributed by atoms with Gasteiger partial charge in [0.1, 0.15) is 5.82 Å². The molecule has 3 nitrogen and oxygen atoms in total. The van der Waals surface area contributed by atoms with Crippen LogP contribution in [0.3, 0.4) is 0 Å². The maximum absolute atomic E-state index is 4.71. The molecule has 1 aromatic rings. The highest BCUT2D eigenvalue weighted by Crippen LogP contribution is 2.24. The number of pyridine rings is 1. The van der Waals surface area contributed by atoms with E-state index < -0.39 is 0 Å². The highest BCUT2D eigenvalue weighted by atomic mass is 15.2. The summed E-state index contributed by atoms with van der Waals surface area (Å²) >= 11 is 0. The van der Waals surface area contributed by atoms with Crippen molar-refractivity contribution in [1.29, 1.82) is 0 Å². The van der Waals surface area contributed by atoms with Crippen molar-refractivity contribution in [2.75, 3.05) is 24.5 Å². The van der Waals surface area contributed by atoms with Gasteiger partial charge in [-0.25, -0.2) is 4.98 Å².